The lowest BCUT2D eigenvalue weighted by Gasteiger charge is -2.09. The first-order valence-corrected chi connectivity index (χ1v) is 9.86. The van der Waals surface area contributed by atoms with Crippen molar-refractivity contribution in [2.45, 2.75) is 11.7 Å². The Bertz CT molecular complexity index is 1190. The van der Waals surface area contributed by atoms with E-state index in [0.717, 1.165) is 10.9 Å². The van der Waals surface area contributed by atoms with Crippen LogP contribution in [-0.4, -0.2) is 26.1 Å². The summed E-state index contributed by atoms with van der Waals surface area (Å²) in [5.41, 5.74) is 1.49. The molecular weight excluding hydrogens is 366 g/mol. The number of hydrogen-bond acceptors (Lipinski definition) is 5. The number of fused-ring (bicyclic) bond motifs is 2. The number of thioether (sulfide) groups is 1. The molecular formula is C19H15N3O2S2. The molecule has 0 radical (unpaired) electrons. The van der Waals surface area contributed by atoms with Gasteiger partial charge in [0.05, 0.1) is 11.1 Å². The topological polar surface area (TPSA) is 67.8 Å². The van der Waals surface area contributed by atoms with Crippen LogP contribution < -0.4 is 5.56 Å². The largest absolute Gasteiger partial charge is 0.360 e. The fourth-order valence-electron chi connectivity index (χ4n) is 2.84. The summed E-state index contributed by atoms with van der Waals surface area (Å²) < 4.78 is 1.56. The van der Waals surface area contributed by atoms with Crippen LogP contribution >= 0.6 is 23.1 Å². The minimum atomic E-state index is -0.0989. The third-order valence-electron chi connectivity index (χ3n) is 4.08. The normalized spacial score (nSPS) is 11.2. The molecule has 0 saturated heterocycles. The van der Waals surface area contributed by atoms with Gasteiger partial charge in [-0.1, -0.05) is 36.0 Å². The Morgan fingerprint density at radius 2 is 2.15 bits per heavy atom. The lowest BCUT2D eigenvalue weighted by molar-refractivity contribution is 0.102. The summed E-state index contributed by atoms with van der Waals surface area (Å²) in [6, 6.07) is 9.48. The number of hydrogen-bond donors (Lipinski definition) is 1. The Kier molecular flexibility index (Phi) is 4.48. The molecule has 26 heavy (non-hydrogen) atoms. The summed E-state index contributed by atoms with van der Waals surface area (Å²) in [5.74, 6) is 0.209. The number of H-pyrrole nitrogens is 1. The number of aromatic amines is 1. The molecule has 0 amide bonds. The fourth-order valence-corrected chi connectivity index (χ4v) is 4.54. The Morgan fingerprint density at radius 1 is 1.31 bits per heavy atom. The second kappa shape index (κ2) is 6.93. The van der Waals surface area contributed by atoms with Gasteiger partial charge in [0, 0.05) is 29.2 Å². The van der Waals surface area contributed by atoms with Crippen LogP contribution in [0.1, 0.15) is 10.4 Å². The van der Waals surface area contributed by atoms with E-state index in [-0.39, 0.29) is 17.1 Å². The number of carbonyl (C=O) groups excluding carboxylic acids is 1. The molecule has 5 nitrogen and oxygen atoms in total. The zero-order chi connectivity index (χ0) is 18.1. The maximum Gasteiger partial charge on any atom is 0.263 e. The van der Waals surface area contributed by atoms with Crippen molar-refractivity contribution < 1.29 is 4.79 Å². The van der Waals surface area contributed by atoms with E-state index in [1.807, 2.05) is 29.6 Å². The molecule has 0 aliphatic rings. The van der Waals surface area contributed by atoms with Gasteiger partial charge in [-0.25, -0.2) is 4.98 Å². The van der Waals surface area contributed by atoms with E-state index in [2.05, 4.69) is 16.5 Å². The predicted octanol–water partition coefficient (Wildman–Crippen LogP) is 4.10. The minimum Gasteiger partial charge on any atom is -0.360 e. The second-order valence-corrected chi connectivity index (χ2v) is 7.54. The van der Waals surface area contributed by atoms with E-state index < -0.39 is 0 Å². The highest BCUT2D eigenvalue weighted by Gasteiger charge is 2.16. The Hall–Kier alpha value is -2.64. The SMILES string of the molecule is C=CCn1c(SCC(=O)c2c[nH]c3ccccc23)nc2sccc2c1=O. The summed E-state index contributed by atoms with van der Waals surface area (Å²) in [5, 5.41) is 3.90. The number of ketones is 1. The third-order valence-corrected chi connectivity index (χ3v) is 5.87. The molecule has 0 unspecified atom stereocenters. The summed E-state index contributed by atoms with van der Waals surface area (Å²) in [6.45, 7) is 4.07. The number of rotatable bonds is 6. The van der Waals surface area contributed by atoms with Crippen LogP contribution in [0.25, 0.3) is 21.1 Å². The maximum absolute atomic E-state index is 12.7. The average molecular weight is 381 g/mol. The predicted molar refractivity (Wildman–Crippen MR) is 107 cm³/mol. The van der Waals surface area contributed by atoms with Crippen molar-refractivity contribution in [3.63, 3.8) is 0 Å². The lowest BCUT2D eigenvalue weighted by Crippen LogP contribution is -2.22. The summed E-state index contributed by atoms with van der Waals surface area (Å²) in [4.78, 5) is 33.7. The van der Waals surface area contributed by atoms with Crippen molar-refractivity contribution in [3.05, 3.63) is 70.5 Å². The summed E-state index contributed by atoms with van der Waals surface area (Å²) in [6.07, 6.45) is 3.40. The minimum absolute atomic E-state index is 0.00173. The van der Waals surface area contributed by atoms with E-state index in [4.69, 9.17) is 0 Å². The molecule has 0 bridgehead atoms. The van der Waals surface area contributed by atoms with E-state index in [1.54, 1.807) is 22.9 Å². The van der Waals surface area contributed by atoms with Crippen LogP contribution in [0.15, 0.2) is 64.5 Å². The Labute approximate surface area is 157 Å². The zero-order valence-electron chi connectivity index (χ0n) is 13.8. The van der Waals surface area contributed by atoms with Crippen LogP contribution in [0, 0.1) is 0 Å². The van der Waals surface area contributed by atoms with Crippen molar-refractivity contribution in [1.82, 2.24) is 14.5 Å². The molecule has 0 aliphatic heterocycles. The van der Waals surface area contributed by atoms with Crippen molar-refractivity contribution in [2.75, 3.05) is 5.75 Å². The maximum atomic E-state index is 12.7. The quantitative estimate of drug-likeness (QED) is 0.236. The number of benzene rings is 1. The van der Waals surface area contributed by atoms with Gasteiger partial charge in [0.1, 0.15) is 4.83 Å². The molecule has 4 aromatic rings. The smallest absolute Gasteiger partial charge is 0.263 e. The lowest BCUT2D eigenvalue weighted by atomic mass is 10.1. The van der Waals surface area contributed by atoms with Gasteiger partial charge in [0.2, 0.25) is 0 Å². The van der Waals surface area contributed by atoms with Gasteiger partial charge in [0.25, 0.3) is 5.56 Å². The number of Topliss-reactive ketones (excluding diaryl/α,β-unsaturated/α-hetero) is 1. The standard InChI is InChI=1S/C19H15N3O2S2/c1-2-8-22-18(24)13-7-9-25-17(13)21-19(22)26-11-16(23)14-10-20-15-6-4-3-5-12(14)15/h2-7,9-10,20H,1,8,11H2. The van der Waals surface area contributed by atoms with Crippen LogP contribution in [-0.2, 0) is 6.54 Å². The molecule has 0 aliphatic carbocycles. The van der Waals surface area contributed by atoms with E-state index in [0.29, 0.717) is 27.5 Å². The van der Waals surface area contributed by atoms with Crippen molar-refractivity contribution in [3.8, 4) is 0 Å². The number of nitrogens with zero attached hydrogens (tertiary/aromatic N) is 2. The fraction of sp³-hybridized carbons (Fsp3) is 0.105. The molecule has 0 atom stereocenters. The summed E-state index contributed by atoms with van der Waals surface area (Å²) >= 11 is 2.70. The number of thiophene rings is 1. The highest BCUT2D eigenvalue weighted by molar-refractivity contribution is 7.99. The number of aromatic nitrogens is 3. The van der Waals surface area contributed by atoms with E-state index in [1.165, 1.54) is 23.1 Å². The van der Waals surface area contributed by atoms with Crippen LogP contribution in [0.3, 0.4) is 0 Å². The first-order valence-electron chi connectivity index (χ1n) is 8.00. The van der Waals surface area contributed by atoms with E-state index in [9.17, 15) is 9.59 Å². The number of allylic oxidation sites excluding steroid dienone is 1. The van der Waals surface area contributed by atoms with Crippen LogP contribution in [0.2, 0.25) is 0 Å². The van der Waals surface area contributed by atoms with Crippen molar-refractivity contribution in [1.29, 1.82) is 0 Å². The number of nitrogens with one attached hydrogen (secondary N) is 1. The van der Waals surface area contributed by atoms with Gasteiger partial charge in [-0.2, -0.15) is 0 Å². The second-order valence-electron chi connectivity index (χ2n) is 5.70. The van der Waals surface area contributed by atoms with E-state index >= 15 is 0 Å². The first-order chi connectivity index (χ1) is 12.7. The molecule has 0 spiro atoms. The Morgan fingerprint density at radius 3 is 3.00 bits per heavy atom. The van der Waals surface area contributed by atoms with Gasteiger partial charge in [-0.15, -0.1) is 17.9 Å². The van der Waals surface area contributed by atoms with Crippen LogP contribution in [0.5, 0.6) is 0 Å². The average Bonchev–Trinajstić information content (AvgIpc) is 3.29. The molecule has 1 N–H and O–H groups in total. The van der Waals surface area contributed by atoms with Gasteiger partial charge < -0.3 is 4.98 Å². The number of carbonyl (C=O) groups is 1. The van der Waals surface area contributed by atoms with Gasteiger partial charge >= 0.3 is 0 Å². The monoisotopic (exact) mass is 381 g/mol. The zero-order valence-corrected chi connectivity index (χ0v) is 15.4. The summed E-state index contributed by atoms with van der Waals surface area (Å²) in [7, 11) is 0. The molecule has 7 heteroatoms. The molecule has 1 aromatic carbocycles. The highest BCUT2D eigenvalue weighted by Crippen LogP contribution is 2.24. The number of para-hydroxylation sites is 1. The molecule has 130 valence electrons. The molecule has 0 saturated carbocycles. The molecule has 3 heterocycles. The molecule has 0 fully saturated rings. The van der Waals surface area contributed by atoms with Gasteiger partial charge in [0.15, 0.2) is 10.9 Å². The third kappa shape index (κ3) is 2.89. The van der Waals surface area contributed by atoms with Gasteiger partial charge in [-0.05, 0) is 17.5 Å². The van der Waals surface area contributed by atoms with Crippen LogP contribution in [0.4, 0.5) is 0 Å². The van der Waals surface area contributed by atoms with Crippen molar-refractivity contribution in [2.24, 2.45) is 0 Å². The molecule has 3 aromatic heterocycles. The van der Waals surface area contributed by atoms with Crippen molar-refractivity contribution >= 4 is 50.0 Å². The first kappa shape index (κ1) is 16.8. The Balaban J connectivity index is 1.65. The highest BCUT2D eigenvalue weighted by atomic mass is 32.2. The molecule has 4 rings (SSSR count). The van der Waals surface area contributed by atoms with Gasteiger partial charge in [-0.3, -0.25) is 14.2 Å².